The van der Waals surface area contributed by atoms with E-state index >= 15 is 0 Å². The average molecular weight is 229 g/mol. The second kappa shape index (κ2) is 8.12. The molecule has 0 heterocycles. The fourth-order valence-corrected chi connectivity index (χ4v) is 1.50. The van der Waals surface area contributed by atoms with Gasteiger partial charge in [0, 0.05) is 23.7 Å². The summed E-state index contributed by atoms with van der Waals surface area (Å²) in [5.74, 6) is 0.834. The minimum atomic E-state index is -4.53. The topological polar surface area (TPSA) is 66.4 Å². The molecular weight excluding hydrogens is 223 g/mol. The van der Waals surface area contributed by atoms with Crippen molar-refractivity contribution in [2.75, 3.05) is 11.6 Å². The minimum Gasteiger partial charge on any atom is -0.725 e. The van der Waals surface area contributed by atoms with Crippen molar-refractivity contribution in [1.29, 1.82) is 0 Å². The summed E-state index contributed by atoms with van der Waals surface area (Å²) in [5.41, 5.74) is 0. The molecule has 0 unspecified atom stereocenters. The summed E-state index contributed by atoms with van der Waals surface area (Å²) < 4.78 is 33.1. The zero-order chi connectivity index (χ0) is 8.04. The van der Waals surface area contributed by atoms with E-state index in [9.17, 15) is 13.0 Å². The van der Waals surface area contributed by atoms with Crippen molar-refractivity contribution in [2.45, 2.75) is 6.42 Å². The molecule has 0 aliphatic rings. The molecule has 0 rings (SSSR count). The van der Waals surface area contributed by atoms with Gasteiger partial charge in [-0.1, -0.05) is 0 Å². The maximum Gasteiger partial charge on any atom is 1.00 e. The Kier molecular flexibility index (Phi) is 11.1. The predicted molar refractivity (Wildman–Crippen MR) is 38.6 cm³/mol. The molecule has 0 amide bonds. The Morgan fingerprint density at radius 1 is 1.55 bits per heavy atom. The molecule has 0 bridgehead atoms. The molecular formula is C3H6ClNaO4S2. The van der Waals surface area contributed by atoms with Crippen molar-refractivity contribution in [3.05, 3.63) is 0 Å². The van der Waals surface area contributed by atoms with E-state index in [1.54, 1.807) is 0 Å². The molecule has 0 N–H and O–H groups in total. The number of halogens is 1. The van der Waals surface area contributed by atoms with Crippen LogP contribution in [0.4, 0.5) is 0 Å². The van der Waals surface area contributed by atoms with E-state index in [1.165, 1.54) is 0 Å². The number of rotatable bonds is 5. The fourth-order valence-electron chi connectivity index (χ4n) is 0.206. The first-order valence-electron chi connectivity index (χ1n) is 2.39. The summed E-state index contributed by atoms with van der Waals surface area (Å²) in [7, 11) is -4.53. The smallest absolute Gasteiger partial charge is 0.725 e. The summed E-state index contributed by atoms with van der Waals surface area (Å²) in [4.78, 5) is 0. The molecule has 8 heteroatoms. The van der Waals surface area contributed by atoms with E-state index in [0.29, 0.717) is 30.1 Å². The van der Waals surface area contributed by atoms with Gasteiger partial charge in [-0.15, -0.1) is 11.6 Å². The van der Waals surface area contributed by atoms with Gasteiger partial charge in [-0.3, -0.25) is 0 Å². The van der Waals surface area contributed by atoms with Gasteiger partial charge in [-0.2, -0.15) is 0 Å². The second-order valence-corrected chi connectivity index (χ2v) is 3.72. The van der Waals surface area contributed by atoms with Crippen molar-refractivity contribution < 1.29 is 46.2 Å². The number of alkyl halides is 1. The van der Waals surface area contributed by atoms with E-state index < -0.39 is 10.4 Å². The van der Waals surface area contributed by atoms with Gasteiger partial charge >= 0.3 is 29.6 Å². The Bertz CT molecular complexity index is 170. The molecule has 0 saturated heterocycles. The first kappa shape index (κ1) is 15.0. The van der Waals surface area contributed by atoms with Crippen LogP contribution in [0.25, 0.3) is 0 Å². The van der Waals surface area contributed by atoms with Gasteiger partial charge in [-0.05, 0) is 6.42 Å². The molecule has 0 aromatic rings. The Balaban J connectivity index is 0. The van der Waals surface area contributed by atoms with Crippen LogP contribution in [0.2, 0.25) is 0 Å². The van der Waals surface area contributed by atoms with E-state index in [2.05, 4.69) is 3.63 Å². The second-order valence-electron chi connectivity index (χ2n) is 1.34. The third-order valence-corrected chi connectivity index (χ3v) is 2.27. The summed E-state index contributed by atoms with van der Waals surface area (Å²) >= 11 is 5.85. The molecule has 0 aliphatic carbocycles. The van der Waals surface area contributed by atoms with Gasteiger partial charge < -0.3 is 4.55 Å². The van der Waals surface area contributed by atoms with Gasteiger partial charge in [0.2, 0.25) is 10.4 Å². The fraction of sp³-hybridized carbons (Fsp3) is 1.00. The molecule has 0 spiro atoms. The van der Waals surface area contributed by atoms with Crippen LogP contribution in [-0.4, -0.2) is 24.6 Å². The molecule has 0 aromatic carbocycles. The standard InChI is InChI=1S/C3H7ClO4S2.Na/c4-2-1-3-9-8-10(5,6)7;/h1-3H2,(H,5,6,7);/q;+1/p-1. The Hall–Kier alpha value is 1.51. The summed E-state index contributed by atoms with van der Waals surface area (Å²) in [6.45, 7) is 0. The molecule has 62 valence electrons. The summed E-state index contributed by atoms with van der Waals surface area (Å²) in [6.07, 6.45) is 0.613. The molecule has 0 atom stereocenters. The largest absolute Gasteiger partial charge is 1.00 e. The first-order valence-corrected chi connectivity index (χ1v) is 5.17. The van der Waals surface area contributed by atoms with Gasteiger partial charge in [0.25, 0.3) is 0 Å². The van der Waals surface area contributed by atoms with Gasteiger partial charge in [0.1, 0.15) is 0 Å². The van der Waals surface area contributed by atoms with Crippen molar-refractivity contribution in [3.8, 4) is 0 Å². The molecule has 0 aromatic heterocycles. The molecule has 0 saturated carbocycles. The molecule has 11 heavy (non-hydrogen) atoms. The van der Waals surface area contributed by atoms with E-state index in [-0.39, 0.29) is 29.6 Å². The molecule has 0 radical (unpaired) electrons. The van der Waals surface area contributed by atoms with Crippen LogP contribution in [0.3, 0.4) is 0 Å². The minimum absolute atomic E-state index is 0. The third kappa shape index (κ3) is 14.4. The van der Waals surface area contributed by atoms with Crippen LogP contribution in [0.15, 0.2) is 0 Å². The maximum absolute atomic E-state index is 9.76. The predicted octanol–water partition coefficient (Wildman–Crippen LogP) is -2.26. The van der Waals surface area contributed by atoms with Crippen LogP contribution in [0.1, 0.15) is 6.42 Å². The molecule has 0 aliphatic heterocycles. The molecule has 0 fully saturated rings. The zero-order valence-corrected chi connectivity index (χ0v) is 10.3. The van der Waals surface area contributed by atoms with Crippen molar-refractivity contribution in [3.63, 3.8) is 0 Å². The summed E-state index contributed by atoms with van der Waals surface area (Å²) in [6, 6.07) is 0. The quantitative estimate of drug-likeness (QED) is 0.133. The SMILES string of the molecule is O=S(=O)([O-])OSCCCCl.[Na+]. The van der Waals surface area contributed by atoms with Crippen LogP contribution < -0.4 is 29.6 Å². The van der Waals surface area contributed by atoms with Gasteiger partial charge in [0.15, 0.2) is 0 Å². The van der Waals surface area contributed by atoms with Crippen LogP contribution in [-0.2, 0) is 14.0 Å². The number of hydrogen-bond acceptors (Lipinski definition) is 5. The maximum atomic E-state index is 9.76. The normalized spacial score (nSPS) is 10.7. The summed E-state index contributed by atoms with van der Waals surface area (Å²) in [5, 5.41) is 0. The number of hydrogen-bond donors (Lipinski definition) is 0. The Morgan fingerprint density at radius 2 is 2.09 bits per heavy atom. The van der Waals surface area contributed by atoms with Crippen molar-refractivity contribution in [2.24, 2.45) is 0 Å². The van der Waals surface area contributed by atoms with Crippen LogP contribution in [0.5, 0.6) is 0 Å². The van der Waals surface area contributed by atoms with Crippen molar-refractivity contribution >= 4 is 34.0 Å². The van der Waals surface area contributed by atoms with Gasteiger partial charge in [0.05, 0.1) is 0 Å². The Labute approximate surface area is 97.5 Å². The zero-order valence-electron chi connectivity index (χ0n) is 5.95. The van der Waals surface area contributed by atoms with Crippen LogP contribution in [0, 0.1) is 0 Å². The van der Waals surface area contributed by atoms with E-state index in [0.717, 1.165) is 0 Å². The molecule has 4 nitrogen and oxygen atoms in total. The monoisotopic (exact) mass is 228 g/mol. The Morgan fingerprint density at radius 3 is 2.45 bits per heavy atom. The van der Waals surface area contributed by atoms with Crippen molar-refractivity contribution in [1.82, 2.24) is 0 Å². The van der Waals surface area contributed by atoms with Crippen LogP contribution >= 0.6 is 23.6 Å². The first-order chi connectivity index (χ1) is 4.56. The van der Waals surface area contributed by atoms with E-state index in [1.807, 2.05) is 0 Å². The average Bonchev–Trinajstić information content (AvgIpc) is 1.78. The third-order valence-electron chi connectivity index (χ3n) is 0.493. The van der Waals surface area contributed by atoms with E-state index in [4.69, 9.17) is 11.6 Å². The van der Waals surface area contributed by atoms with Gasteiger partial charge in [-0.25, -0.2) is 12.0 Å².